The Labute approximate surface area is 170 Å². The molecule has 0 radical (unpaired) electrons. The van der Waals surface area contributed by atoms with Gasteiger partial charge in [-0.1, -0.05) is 6.42 Å². The van der Waals surface area contributed by atoms with Crippen molar-refractivity contribution < 1.29 is 4.79 Å². The first-order valence-electron chi connectivity index (χ1n) is 11.0. The SMILES string of the molecule is Cc1cnccc1N1CCCN(C(=O)NCC[C@H]2CCCCN2C(C)C)CC1. The molecule has 1 aromatic heterocycles. The molecule has 2 amide bonds. The minimum atomic E-state index is 0.0974. The summed E-state index contributed by atoms with van der Waals surface area (Å²) >= 11 is 0. The number of carbonyl (C=O) groups excluding carboxylic acids is 1. The summed E-state index contributed by atoms with van der Waals surface area (Å²) in [5, 5.41) is 3.18. The number of piperidine rings is 1. The molecule has 0 saturated carbocycles. The van der Waals surface area contributed by atoms with E-state index in [1.807, 2.05) is 17.3 Å². The van der Waals surface area contributed by atoms with E-state index in [0.717, 1.165) is 45.6 Å². The van der Waals surface area contributed by atoms with E-state index in [4.69, 9.17) is 0 Å². The van der Waals surface area contributed by atoms with E-state index >= 15 is 0 Å². The third-order valence-corrected chi connectivity index (χ3v) is 6.20. The lowest BCUT2D eigenvalue weighted by Gasteiger charge is -2.38. The first kappa shape index (κ1) is 20.9. The Bertz CT molecular complexity index is 635. The molecule has 3 rings (SSSR count). The number of aromatic nitrogens is 1. The normalized spacial score (nSPS) is 21.6. The quantitative estimate of drug-likeness (QED) is 0.843. The summed E-state index contributed by atoms with van der Waals surface area (Å²) in [6, 6.07) is 3.38. The van der Waals surface area contributed by atoms with Gasteiger partial charge in [0.25, 0.3) is 0 Å². The summed E-state index contributed by atoms with van der Waals surface area (Å²) in [6.07, 6.45) is 9.71. The summed E-state index contributed by atoms with van der Waals surface area (Å²) in [5.41, 5.74) is 2.44. The Morgan fingerprint density at radius 2 is 2.04 bits per heavy atom. The van der Waals surface area contributed by atoms with Crippen LogP contribution in [0.1, 0.15) is 51.5 Å². The number of likely N-dealkylation sites (tertiary alicyclic amines) is 1. The zero-order valence-corrected chi connectivity index (χ0v) is 17.9. The molecule has 2 saturated heterocycles. The van der Waals surface area contributed by atoms with Gasteiger partial charge in [-0.05, 0) is 64.6 Å². The van der Waals surface area contributed by atoms with Crippen molar-refractivity contribution in [3.8, 4) is 0 Å². The molecule has 1 aromatic rings. The first-order valence-corrected chi connectivity index (χ1v) is 11.0. The van der Waals surface area contributed by atoms with Crippen LogP contribution >= 0.6 is 0 Å². The Morgan fingerprint density at radius 1 is 1.18 bits per heavy atom. The van der Waals surface area contributed by atoms with Gasteiger partial charge in [0, 0.05) is 62.9 Å². The third kappa shape index (κ3) is 5.37. The van der Waals surface area contributed by atoms with Crippen molar-refractivity contribution in [1.82, 2.24) is 20.1 Å². The van der Waals surface area contributed by atoms with Gasteiger partial charge >= 0.3 is 6.03 Å². The second-order valence-electron chi connectivity index (χ2n) is 8.49. The molecule has 0 spiro atoms. The van der Waals surface area contributed by atoms with E-state index in [1.165, 1.54) is 37.1 Å². The lowest BCUT2D eigenvalue weighted by Crippen LogP contribution is -2.47. The molecule has 2 aliphatic heterocycles. The molecule has 6 nitrogen and oxygen atoms in total. The number of rotatable bonds is 5. The van der Waals surface area contributed by atoms with Crippen LogP contribution in [-0.2, 0) is 0 Å². The number of urea groups is 1. The van der Waals surface area contributed by atoms with Crippen molar-refractivity contribution in [2.45, 2.75) is 65.0 Å². The van der Waals surface area contributed by atoms with Crippen molar-refractivity contribution in [3.63, 3.8) is 0 Å². The fourth-order valence-corrected chi connectivity index (χ4v) is 4.65. The van der Waals surface area contributed by atoms with E-state index in [-0.39, 0.29) is 6.03 Å². The molecule has 6 heteroatoms. The fourth-order valence-electron chi connectivity index (χ4n) is 4.65. The number of hydrogen-bond acceptors (Lipinski definition) is 4. The number of nitrogens with one attached hydrogen (secondary N) is 1. The van der Waals surface area contributed by atoms with Crippen molar-refractivity contribution in [3.05, 3.63) is 24.0 Å². The maximum atomic E-state index is 12.7. The van der Waals surface area contributed by atoms with Crippen molar-refractivity contribution in [2.75, 3.05) is 44.2 Å². The van der Waals surface area contributed by atoms with Gasteiger partial charge in [0.2, 0.25) is 0 Å². The minimum Gasteiger partial charge on any atom is -0.369 e. The van der Waals surface area contributed by atoms with Crippen molar-refractivity contribution in [2.24, 2.45) is 0 Å². The Kier molecular flexibility index (Phi) is 7.54. The molecule has 28 heavy (non-hydrogen) atoms. The molecule has 156 valence electrons. The maximum Gasteiger partial charge on any atom is 0.317 e. The molecule has 2 aliphatic rings. The van der Waals surface area contributed by atoms with Crippen LogP contribution < -0.4 is 10.2 Å². The smallest absolute Gasteiger partial charge is 0.317 e. The molecule has 0 aromatic carbocycles. The lowest BCUT2D eigenvalue weighted by molar-refractivity contribution is 0.105. The molecule has 1 N–H and O–H groups in total. The van der Waals surface area contributed by atoms with E-state index < -0.39 is 0 Å². The van der Waals surface area contributed by atoms with Gasteiger partial charge in [0.15, 0.2) is 0 Å². The number of aryl methyl sites for hydroxylation is 1. The lowest BCUT2D eigenvalue weighted by atomic mass is 9.98. The molecular weight excluding hydrogens is 350 g/mol. The number of nitrogens with zero attached hydrogens (tertiary/aromatic N) is 4. The van der Waals surface area contributed by atoms with Crippen LogP contribution in [0.15, 0.2) is 18.5 Å². The van der Waals surface area contributed by atoms with E-state index in [1.54, 1.807) is 0 Å². The van der Waals surface area contributed by atoms with E-state index in [0.29, 0.717) is 12.1 Å². The Balaban J connectivity index is 1.45. The van der Waals surface area contributed by atoms with Gasteiger partial charge in [0.05, 0.1) is 0 Å². The largest absolute Gasteiger partial charge is 0.369 e. The van der Waals surface area contributed by atoms with Gasteiger partial charge in [-0.25, -0.2) is 4.79 Å². The average molecular weight is 388 g/mol. The first-order chi connectivity index (χ1) is 13.6. The number of amides is 2. The number of pyridine rings is 1. The van der Waals surface area contributed by atoms with Gasteiger partial charge in [-0.3, -0.25) is 9.88 Å². The molecular formula is C22H37N5O. The number of hydrogen-bond donors (Lipinski definition) is 1. The maximum absolute atomic E-state index is 12.7. The highest BCUT2D eigenvalue weighted by molar-refractivity contribution is 5.74. The highest BCUT2D eigenvalue weighted by Crippen LogP contribution is 2.22. The number of anilines is 1. The Hall–Kier alpha value is -1.82. The number of carbonyl (C=O) groups is 1. The average Bonchev–Trinajstić information content (AvgIpc) is 2.95. The second kappa shape index (κ2) is 10.1. The van der Waals surface area contributed by atoms with Crippen LogP contribution in [0.3, 0.4) is 0 Å². The summed E-state index contributed by atoms with van der Waals surface area (Å²) in [4.78, 5) is 23.9. The molecule has 2 fully saturated rings. The standard InChI is InChI=1S/C22H37N5O/c1-18(2)27-14-5-4-7-20(27)8-11-24-22(28)26-13-6-12-25(15-16-26)21-9-10-23-17-19(21)3/h9-10,17-18,20H,4-8,11-16H2,1-3H3,(H,24,28)/t20-/m1/s1. The van der Waals surface area contributed by atoms with Gasteiger partial charge in [-0.15, -0.1) is 0 Å². The fraction of sp³-hybridized carbons (Fsp3) is 0.727. The minimum absolute atomic E-state index is 0.0974. The highest BCUT2D eigenvalue weighted by Gasteiger charge is 2.25. The van der Waals surface area contributed by atoms with Gasteiger partial charge in [0.1, 0.15) is 0 Å². The molecule has 3 heterocycles. The molecule has 0 aliphatic carbocycles. The zero-order valence-electron chi connectivity index (χ0n) is 17.9. The highest BCUT2D eigenvalue weighted by atomic mass is 16.2. The van der Waals surface area contributed by atoms with Gasteiger partial charge in [-0.2, -0.15) is 0 Å². The predicted octanol–water partition coefficient (Wildman–Crippen LogP) is 3.26. The van der Waals surface area contributed by atoms with Crippen LogP contribution in [0.4, 0.5) is 10.5 Å². The van der Waals surface area contributed by atoms with Crippen LogP contribution in [-0.4, -0.2) is 72.2 Å². The van der Waals surface area contributed by atoms with Crippen LogP contribution in [0.5, 0.6) is 0 Å². The second-order valence-corrected chi connectivity index (χ2v) is 8.49. The third-order valence-electron chi connectivity index (χ3n) is 6.20. The van der Waals surface area contributed by atoms with E-state index in [2.05, 4.69) is 46.9 Å². The molecule has 0 bridgehead atoms. The summed E-state index contributed by atoms with van der Waals surface area (Å²) < 4.78 is 0. The van der Waals surface area contributed by atoms with Crippen molar-refractivity contribution in [1.29, 1.82) is 0 Å². The zero-order chi connectivity index (χ0) is 19.9. The topological polar surface area (TPSA) is 51.7 Å². The van der Waals surface area contributed by atoms with Crippen LogP contribution in [0.2, 0.25) is 0 Å². The van der Waals surface area contributed by atoms with Crippen molar-refractivity contribution >= 4 is 11.7 Å². The summed E-state index contributed by atoms with van der Waals surface area (Å²) in [5.74, 6) is 0. The van der Waals surface area contributed by atoms with Crippen LogP contribution in [0.25, 0.3) is 0 Å². The van der Waals surface area contributed by atoms with E-state index in [9.17, 15) is 4.79 Å². The van der Waals surface area contributed by atoms with Crippen LogP contribution in [0, 0.1) is 6.92 Å². The summed E-state index contributed by atoms with van der Waals surface area (Å²) in [6.45, 7) is 12.1. The summed E-state index contributed by atoms with van der Waals surface area (Å²) in [7, 11) is 0. The predicted molar refractivity (Wildman–Crippen MR) is 115 cm³/mol. The monoisotopic (exact) mass is 387 g/mol. The van der Waals surface area contributed by atoms with Gasteiger partial charge < -0.3 is 15.1 Å². The molecule has 1 atom stereocenters. The molecule has 0 unspecified atom stereocenters. The Morgan fingerprint density at radius 3 is 2.82 bits per heavy atom.